The molecule has 7 nitrogen and oxygen atoms in total. The van der Waals surface area contributed by atoms with E-state index >= 15 is 0 Å². The van der Waals surface area contributed by atoms with Crippen molar-refractivity contribution >= 4 is 29.4 Å². The first kappa shape index (κ1) is 20.0. The van der Waals surface area contributed by atoms with Crippen molar-refractivity contribution in [3.63, 3.8) is 0 Å². The maximum absolute atomic E-state index is 13.0. The molecule has 6 atom stereocenters. The summed E-state index contributed by atoms with van der Waals surface area (Å²) in [7, 11) is 0. The lowest BCUT2D eigenvalue weighted by molar-refractivity contribution is -0.142. The van der Waals surface area contributed by atoms with E-state index in [2.05, 4.69) is 17.5 Å². The summed E-state index contributed by atoms with van der Waals surface area (Å²) in [5.41, 5.74) is 0.888. The molecular weight excluding hydrogens is 396 g/mol. The monoisotopic (exact) mass is 422 g/mol. The molecule has 0 unspecified atom stereocenters. The van der Waals surface area contributed by atoms with Crippen LogP contribution in [0.5, 0.6) is 0 Å². The molecule has 1 aromatic rings. The number of ether oxygens (including phenoxy) is 1. The number of imide groups is 1. The molecule has 7 heteroatoms. The molecule has 0 spiro atoms. The van der Waals surface area contributed by atoms with Crippen molar-refractivity contribution in [1.82, 2.24) is 4.90 Å². The second kappa shape index (κ2) is 7.32. The van der Waals surface area contributed by atoms with Gasteiger partial charge in [0.15, 0.2) is 0 Å². The molecule has 1 N–H and O–H groups in total. The number of nitrogens with one attached hydrogen (secondary N) is 1. The smallest absolute Gasteiger partial charge is 0.338 e. The van der Waals surface area contributed by atoms with E-state index in [0.29, 0.717) is 29.7 Å². The fraction of sp³-hybridized carbons (Fsp3) is 0.500. The Kier molecular flexibility index (Phi) is 4.72. The molecule has 6 rings (SSSR count). The standard InChI is InChI=1S/C24H26N2O5/c1-12(2)11-31-24(30)13-3-5-14(6-4-13)25-19(27)10-26-22(28)20-15-7-8-16(18-9-17(15)18)21(20)23(26)29/h3-8,12,15-18,20-21H,9-11H2,1-2H3,(H,25,27)/t15-,16+,17-,18-,20+,21+/m1/s1. The van der Waals surface area contributed by atoms with E-state index in [4.69, 9.17) is 4.74 Å². The summed E-state index contributed by atoms with van der Waals surface area (Å²) in [5, 5.41) is 2.71. The van der Waals surface area contributed by atoms with Crippen LogP contribution in [0, 0.1) is 41.4 Å². The lowest BCUT2D eigenvalue weighted by Crippen LogP contribution is -2.40. The van der Waals surface area contributed by atoms with Crippen molar-refractivity contribution in [2.45, 2.75) is 20.3 Å². The number of nitrogens with zero attached hydrogens (tertiary/aromatic N) is 1. The van der Waals surface area contributed by atoms with E-state index < -0.39 is 11.9 Å². The van der Waals surface area contributed by atoms with Crippen LogP contribution < -0.4 is 5.32 Å². The minimum atomic E-state index is -0.430. The number of benzene rings is 1. The van der Waals surface area contributed by atoms with E-state index in [1.807, 2.05) is 13.8 Å². The summed E-state index contributed by atoms with van der Waals surface area (Å²) in [6.45, 7) is 3.98. The average Bonchev–Trinajstić information content (AvgIpc) is 3.53. The molecule has 4 aliphatic carbocycles. The molecule has 3 fully saturated rings. The first-order valence-electron chi connectivity index (χ1n) is 11.0. The van der Waals surface area contributed by atoms with Gasteiger partial charge < -0.3 is 10.1 Å². The number of amides is 3. The topological polar surface area (TPSA) is 92.8 Å². The van der Waals surface area contributed by atoms with Crippen LogP contribution in [0.15, 0.2) is 36.4 Å². The summed E-state index contributed by atoms with van der Waals surface area (Å²) in [5.74, 6) is -0.245. The average molecular weight is 422 g/mol. The van der Waals surface area contributed by atoms with Gasteiger partial charge in [0.25, 0.3) is 0 Å². The van der Waals surface area contributed by atoms with Gasteiger partial charge in [-0.25, -0.2) is 4.79 Å². The van der Waals surface area contributed by atoms with Crippen molar-refractivity contribution < 1.29 is 23.9 Å². The predicted molar refractivity (Wildman–Crippen MR) is 112 cm³/mol. The van der Waals surface area contributed by atoms with Crippen LogP contribution in [0.1, 0.15) is 30.6 Å². The van der Waals surface area contributed by atoms with Crippen molar-refractivity contribution in [1.29, 1.82) is 0 Å². The Balaban J connectivity index is 1.20. The van der Waals surface area contributed by atoms with Gasteiger partial charge in [-0.2, -0.15) is 0 Å². The van der Waals surface area contributed by atoms with Gasteiger partial charge in [0.2, 0.25) is 17.7 Å². The summed E-state index contributed by atoms with van der Waals surface area (Å²) in [6.07, 6.45) is 5.34. The molecule has 31 heavy (non-hydrogen) atoms. The van der Waals surface area contributed by atoms with Crippen LogP contribution >= 0.6 is 0 Å². The first-order valence-corrected chi connectivity index (χ1v) is 11.0. The number of hydrogen-bond donors (Lipinski definition) is 1. The Bertz CT molecular complexity index is 946. The third-order valence-electron chi connectivity index (χ3n) is 7.01. The SMILES string of the molecule is CC(C)COC(=O)c1ccc(NC(=O)CN2C(=O)[C@H]3[C@@H]4C=C[C@@H]([C@H]5C[C@H]45)[C@@H]3C2=O)cc1. The Morgan fingerprint density at radius 1 is 1.03 bits per heavy atom. The molecule has 2 bridgehead atoms. The van der Waals surface area contributed by atoms with E-state index in [9.17, 15) is 19.2 Å². The van der Waals surface area contributed by atoms with Crippen LogP contribution in [-0.2, 0) is 19.1 Å². The highest BCUT2D eigenvalue weighted by Gasteiger charge is 2.67. The van der Waals surface area contributed by atoms with Gasteiger partial charge in [0.1, 0.15) is 6.54 Å². The fourth-order valence-corrected chi connectivity index (χ4v) is 5.53. The second-order valence-corrected chi connectivity index (χ2v) is 9.54. The normalized spacial score (nSPS) is 32.2. The van der Waals surface area contributed by atoms with Gasteiger partial charge in [-0.15, -0.1) is 0 Å². The quantitative estimate of drug-likeness (QED) is 0.432. The van der Waals surface area contributed by atoms with E-state index in [0.717, 1.165) is 11.3 Å². The van der Waals surface area contributed by atoms with Gasteiger partial charge in [-0.3, -0.25) is 19.3 Å². The lowest BCUT2D eigenvalue weighted by atomic mass is 9.63. The zero-order valence-electron chi connectivity index (χ0n) is 17.6. The summed E-state index contributed by atoms with van der Waals surface area (Å²) >= 11 is 0. The third-order valence-corrected chi connectivity index (χ3v) is 7.01. The van der Waals surface area contributed by atoms with Gasteiger partial charge in [0.05, 0.1) is 24.0 Å². The molecule has 3 amide bonds. The van der Waals surface area contributed by atoms with Crippen molar-refractivity contribution in [3.8, 4) is 0 Å². The molecule has 0 aromatic heterocycles. The predicted octanol–water partition coefficient (Wildman–Crippen LogP) is 2.49. The third kappa shape index (κ3) is 3.36. The number of likely N-dealkylation sites (tertiary alicyclic amines) is 1. The van der Waals surface area contributed by atoms with Gasteiger partial charge in [0, 0.05) is 5.69 Å². The Morgan fingerprint density at radius 2 is 1.61 bits per heavy atom. The van der Waals surface area contributed by atoms with Gasteiger partial charge in [-0.1, -0.05) is 26.0 Å². The molecular formula is C24H26N2O5. The zero-order valence-corrected chi connectivity index (χ0v) is 17.6. The summed E-state index contributed by atoms with van der Waals surface area (Å²) < 4.78 is 5.19. The summed E-state index contributed by atoms with van der Waals surface area (Å²) in [4.78, 5) is 51.6. The van der Waals surface area contributed by atoms with E-state index in [1.54, 1.807) is 24.3 Å². The molecule has 2 saturated carbocycles. The minimum Gasteiger partial charge on any atom is -0.462 e. The molecule has 0 radical (unpaired) electrons. The molecule has 162 valence electrons. The molecule has 5 aliphatic rings. The van der Waals surface area contributed by atoms with E-state index in [-0.39, 0.29) is 47.9 Å². The van der Waals surface area contributed by atoms with Gasteiger partial charge in [-0.05, 0) is 60.3 Å². The highest BCUT2D eigenvalue weighted by molar-refractivity contribution is 6.09. The zero-order chi connectivity index (χ0) is 21.9. The van der Waals surface area contributed by atoms with Crippen molar-refractivity contribution in [3.05, 3.63) is 42.0 Å². The summed E-state index contributed by atoms with van der Waals surface area (Å²) in [6, 6.07) is 6.37. The van der Waals surface area contributed by atoms with Crippen LogP contribution in [0.2, 0.25) is 0 Å². The number of carbonyl (C=O) groups excluding carboxylic acids is 4. The highest BCUT2D eigenvalue weighted by Crippen LogP contribution is 2.65. The number of esters is 1. The van der Waals surface area contributed by atoms with Crippen LogP contribution in [0.4, 0.5) is 5.69 Å². The fourth-order valence-electron chi connectivity index (χ4n) is 5.53. The van der Waals surface area contributed by atoms with Crippen LogP contribution in [0.25, 0.3) is 0 Å². The number of hydrogen-bond acceptors (Lipinski definition) is 5. The molecule has 1 aromatic carbocycles. The number of carbonyl (C=O) groups is 4. The second-order valence-electron chi connectivity index (χ2n) is 9.54. The number of rotatable bonds is 6. The largest absolute Gasteiger partial charge is 0.462 e. The maximum Gasteiger partial charge on any atom is 0.338 e. The maximum atomic E-state index is 13.0. The van der Waals surface area contributed by atoms with Crippen molar-refractivity contribution in [2.24, 2.45) is 41.4 Å². The highest BCUT2D eigenvalue weighted by atomic mass is 16.5. The molecule has 1 saturated heterocycles. The van der Waals surface area contributed by atoms with Crippen LogP contribution in [0.3, 0.4) is 0 Å². The molecule has 1 aliphatic heterocycles. The van der Waals surface area contributed by atoms with Crippen LogP contribution in [-0.4, -0.2) is 41.7 Å². The first-order chi connectivity index (χ1) is 14.8. The molecule has 1 heterocycles. The Labute approximate surface area is 180 Å². The Hall–Kier alpha value is -2.96. The lowest BCUT2D eigenvalue weighted by Gasteiger charge is -2.37. The number of allylic oxidation sites excluding steroid dienone is 2. The minimum absolute atomic E-state index is 0.146. The Morgan fingerprint density at radius 3 is 2.16 bits per heavy atom. The van der Waals surface area contributed by atoms with E-state index in [1.165, 1.54) is 0 Å². The van der Waals surface area contributed by atoms with Crippen molar-refractivity contribution in [2.75, 3.05) is 18.5 Å². The van der Waals surface area contributed by atoms with Gasteiger partial charge >= 0.3 is 5.97 Å². The number of anilines is 1.